The van der Waals surface area contributed by atoms with Gasteiger partial charge in [0.15, 0.2) is 10.8 Å². The zero-order valence-corrected chi connectivity index (χ0v) is 12.5. The average Bonchev–Trinajstić information content (AvgIpc) is 3.09. The molecule has 0 atom stereocenters. The van der Waals surface area contributed by atoms with Crippen molar-refractivity contribution in [1.29, 1.82) is 0 Å². The third-order valence-corrected chi connectivity index (χ3v) is 4.85. The van der Waals surface area contributed by atoms with Gasteiger partial charge in [0.25, 0.3) is 0 Å². The van der Waals surface area contributed by atoms with Gasteiger partial charge in [0, 0.05) is 24.2 Å². The molecule has 3 rings (SSSR count). The second kappa shape index (κ2) is 6.08. The average molecular weight is 292 g/mol. The summed E-state index contributed by atoms with van der Waals surface area (Å²) in [6, 6.07) is 3.95. The topological polar surface area (TPSA) is 49.5 Å². The standard InChI is InChI=1S/C15H20N2O2S/c1-11-2-3-14(19-11)15-16-8-13(20-15)9-17-6-4-12(10-18)5-7-17/h2-3,8,12,18H,4-7,9-10H2,1H3. The fourth-order valence-corrected chi connectivity index (χ4v) is 3.51. The maximum absolute atomic E-state index is 9.16. The zero-order valence-electron chi connectivity index (χ0n) is 11.7. The van der Waals surface area contributed by atoms with E-state index in [0.29, 0.717) is 12.5 Å². The van der Waals surface area contributed by atoms with Crippen molar-refractivity contribution in [3.05, 3.63) is 29.0 Å². The zero-order chi connectivity index (χ0) is 13.9. The Balaban J connectivity index is 1.60. The summed E-state index contributed by atoms with van der Waals surface area (Å²) in [5, 5.41) is 10.1. The Morgan fingerprint density at radius 3 is 2.85 bits per heavy atom. The van der Waals surface area contributed by atoms with Gasteiger partial charge in [-0.25, -0.2) is 4.98 Å². The predicted molar refractivity (Wildman–Crippen MR) is 79.6 cm³/mol. The van der Waals surface area contributed by atoms with Crippen molar-refractivity contribution in [3.63, 3.8) is 0 Å². The number of aryl methyl sites for hydroxylation is 1. The molecule has 20 heavy (non-hydrogen) atoms. The molecule has 108 valence electrons. The van der Waals surface area contributed by atoms with E-state index < -0.39 is 0 Å². The van der Waals surface area contributed by atoms with Gasteiger partial charge in [-0.1, -0.05) is 0 Å². The minimum Gasteiger partial charge on any atom is -0.459 e. The van der Waals surface area contributed by atoms with Gasteiger partial charge in [0.1, 0.15) is 5.76 Å². The molecule has 1 N–H and O–H groups in total. The third kappa shape index (κ3) is 3.11. The predicted octanol–water partition coefficient (Wildman–Crippen LogP) is 2.92. The van der Waals surface area contributed by atoms with Crippen LogP contribution in [0.25, 0.3) is 10.8 Å². The van der Waals surface area contributed by atoms with Crippen molar-refractivity contribution >= 4 is 11.3 Å². The van der Waals surface area contributed by atoms with Crippen LogP contribution in [-0.4, -0.2) is 34.7 Å². The summed E-state index contributed by atoms with van der Waals surface area (Å²) in [5.41, 5.74) is 0. The van der Waals surface area contributed by atoms with Crippen LogP contribution in [0.2, 0.25) is 0 Å². The van der Waals surface area contributed by atoms with Crippen LogP contribution in [0.1, 0.15) is 23.5 Å². The first kappa shape index (κ1) is 13.8. The molecule has 0 amide bonds. The lowest BCUT2D eigenvalue weighted by molar-refractivity contribution is 0.128. The molecule has 0 unspecified atom stereocenters. The normalized spacial score (nSPS) is 17.7. The molecule has 4 nitrogen and oxygen atoms in total. The molecular formula is C15H20N2O2S. The van der Waals surface area contributed by atoms with Crippen LogP contribution in [0.5, 0.6) is 0 Å². The molecule has 1 aliphatic rings. The van der Waals surface area contributed by atoms with Crippen molar-refractivity contribution in [1.82, 2.24) is 9.88 Å². The summed E-state index contributed by atoms with van der Waals surface area (Å²) in [4.78, 5) is 8.17. The van der Waals surface area contributed by atoms with E-state index >= 15 is 0 Å². The lowest BCUT2D eigenvalue weighted by Crippen LogP contribution is -2.34. The Morgan fingerprint density at radius 2 is 2.20 bits per heavy atom. The smallest absolute Gasteiger partial charge is 0.162 e. The lowest BCUT2D eigenvalue weighted by atomic mass is 9.98. The van der Waals surface area contributed by atoms with E-state index in [1.807, 2.05) is 25.3 Å². The first-order valence-corrected chi connectivity index (χ1v) is 7.91. The highest BCUT2D eigenvalue weighted by atomic mass is 32.1. The van der Waals surface area contributed by atoms with Crippen LogP contribution in [0, 0.1) is 12.8 Å². The van der Waals surface area contributed by atoms with Gasteiger partial charge in [0.05, 0.1) is 0 Å². The second-order valence-electron chi connectivity index (χ2n) is 5.44. The molecule has 0 aromatic carbocycles. The third-order valence-electron chi connectivity index (χ3n) is 3.85. The van der Waals surface area contributed by atoms with Crippen LogP contribution >= 0.6 is 11.3 Å². The maximum Gasteiger partial charge on any atom is 0.162 e. The van der Waals surface area contributed by atoms with Gasteiger partial charge < -0.3 is 9.52 Å². The number of aromatic nitrogens is 1. The second-order valence-corrected chi connectivity index (χ2v) is 6.56. The summed E-state index contributed by atoms with van der Waals surface area (Å²) in [6.45, 7) is 5.37. The number of thiazole rings is 1. The molecule has 1 saturated heterocycles. The largest absolute Gasteiger partial charge is 0.459 e. The van der Waals surface area contributed by atoms with E-state index in [0.717, 1.165) is 49.0 Å². The van der Waals surface area contributed by atoms with Crippen molar-refractivity contribution in [3.8, 4) is 10.8 Å². The molecule has 2 aromatic heterocycles. The number of piperidine rings is 1. The molecule has 1 fully saturated rings. The minimum absolute atomic E-state index is 0.330. The highest BCUT2D eigenvalue weighted by molar-refractivity contribution is 7.14. The fourth-order valence-electron chi connectivity index (χ4n) is 2.59. The van der Waals surface area contributed by atoms with Crippen LogP contribution in [0.3, 0.4) is 0 Å². The van der Waals surface area contributed by atoms with Gasteiger partial charge in [0.2, 0.25) is 0 Å². The van der Waals surface area contributed by atoms with E-state index in [-0.39, 0.29) is 0 Å². The van der Waals surface area contributed by atoms with E-state index in [1.54, 1.807) is 11.3 Å². The number of hydrogen-bond acceptors (Lipinski definition) is 5. The van der Waals surface area contributed by atoms with Gasteiger partial charge in [-0.3, -0.25) is 4.90 Å². The molecule has 3 heterocycles. The van der Waals surface area contributed by atoms with Crippen molar-refractivity contribution in [2.75, 3.05) is 19.7 Å². The monoisotopic (exact) mass is 292 g/mol. The van der Waals surface area contributed by atoms with Crippen LogP contribution in [0.15, 0.2) is 22.7 Å². The Bertz CT molecular complexity index is 556. The van der Waals surface area contributed by atoms with Crippen LogP contribution in [-0.2, 0) is 6.54 Å². The number of nitrogens with zero attached hydrogens (tertiary/aromatic N) is 2. The summed E-state index contributed by atoms with van der Waals surface area (Å²) in [6.07, 6.45) is 4.15. The Labute approximate surface area is 123 Å². The van der Waals surface area contributed by atoms with Gasteiger partial charge in [-0.05, 0) is 50.9 Å². The highest BCUT2D eigenvalue weighted by Gasteiger charge is 2.19. The summed E-state index contributed by atoms with van der Waals surface area (Å²) < 4.78 is 5.61. The quantitative estimate of drug-likeness (QED) is 0.941. The minimum atomic E-state index is 0.330. The fraction of sp³-hybridized carbons (Fsp3) is 0.533. The van der Waals surface area contributed by atoms with Gasteiger partial charge in [-0.2, -0.15) is 0 Å². The van der Waals surface area contributed by atoms with Crippen LogP contribution in [0.4, 0.5) is 0 Å². The SMILES string of the molecule is Cc1ccc(-c2ncc(CN3CCC(CO)CC3)s2)o1. The number of furan rings is 1. The van der Waals surface area contributed by atoms with E-state index in [4.69, 9.17) is 9.52 Å². The van der Waals surface area contributed by atoms with Crippen molar-refractivity contribution in [2.24, 2.45) is 5.92 Å². The molecule has 0 aliphatic carbocycles. The van der Waals surface area contributed by atoms with E-state index in [2.05, 4.69) is 9.88 Å². The summed E-state index contributed by atoms with van der Waals surface area (Å²) in [7, 11) is 0. The van der Waals surface area contributed by atoms with Crippen LogP contribution < -0.4 is 0 Å². The Kier molecular flexibility index (Phi) is 4.19. The molecule has 1 aliphatic heterocycles. The van der Waals surface area contributed by atoms with Crippen molar-refractivity contribution in [2.45, 2.75) is 26.3 Å². The molecule has 0 saturated carbocycles. The number of rotatable bonds is 4. The number of likely N-dealkylation sites (tertiary alicyclic amines) is 1. The summed E-state index contributed by atoms with van der Waals surface area (Å²) in [5.74, 6) is 2.27. The molecule has 2 aromatic rings. The number of hydrogen-bond donors (Lipinski definition) is 1. The Morgan fingerprint density at radius 1 is 1.40 bits per heavy atom. The molecule has 0 bridgehead atoms. The maximum atomic E-state index is 9.16. The van der Waals surface area contributed by atoms with Crippen molar-refractivity contribution < 1.29 is 9.52 Å². The van der Waals surface area contributed by atoms with E-state index in [1.165, 1.54) is 4.88 Å². The first-order chi connectivity index (χ1) is 9.74. The van der Waals surface area contributed by atoms with Gasteiger partial charge >= 0.3 is 0 Å². The Hall–Kier alpha value is -1.17. The number of aliphatic hydroxyl groups is 1. The molecule has 5 heteroatoms. The summed E-state index contributed by atoms with van der Waals surface area (Å²) >= 11 is 1.70. The first-order valence-electron chi connectivity index (χ1n) is 7.09. The lowest BCUT2D eigenvalue weighted by Gasteiger charge is -2.30. The number of aliphatic hydroxyl groups excluding tert-OH is 1. The highest BCUT2D eigenvalue weighted by Crippen LogP contribution is 2.28. The molecule has 0 spiro atoms. The van der Waals surface area contributed by atoms with Gasteiger partial charge in [-0.15, -0.1) is 11.3 Å². The molecular weight excluding hydrogens is 272 g/mol. The molecule has 0 radical (unpaired) electrons. The van der Waals surface area contributed by atoms with E-state index in [9.17, 15) is 0 Å².